The standard InChI is InChI=1S/C44H29N4O/c1-2-14-28(15-3-1)41-40-32-19-8-11-24-38(32)49-43(40)46-44(45-41)48-36-26-25-27-13-4-5-16-29(27)39(36)33-20-12-23-37(42(33)48)47-34-21-9-6-17-30(34)31-18-7-10-22-35(31)47/h1-26,36,39,41H/q-1. The van der Waals surface area contributed by atoms with E-state index in [0.717, 1.165) is 33.5 Å². The van der Waals surface area contributed by atoms with Crippen molar-refractivity contribution < 1.29 is 4.42 Å². The Hall–Kier alpha value is -6.33. The molecule has 0 amide bonds. The number of aromatic nitrogens is 1. The van der Waals surface area contributed by atoms with Crippen molar-refractivity contribution in [1.29, 1.82) is 0 Å². The van der Waals surface area contributed by atoms with Gasteiger partial charge in [0.2, 0.25) is 0 Å². The van der Waals surface area contributed by atoms with Crippen molar-refractivity contribution in [2.75, 3.05) is 4.90 Å². The molecule has 0 saturated heterocycles. The first kappa shape index (κ1) is 26.7. The van der Waals surface area contributed by atoms with E-state index in [2.05, 4.69) is 155 Å². The summed E-state index contributed by atoms with van der Waals surface area (Å²) in [5.41, 5.74) is 11.4. The van der Waals surface area contributed by atoms with E-state index in [9.17, 15) is 0 Å². The van der Waals surface area contributed by atoms with E-state index >= 15 is 0 Å². The maximum absolute atomic E-state index is 6.53. The normalized spacial score (nSPS) is 19.0. The van der Waals surface area contributed by atoms with Crippen molar-refractivity contribution in [3.63, 3.8) is 0 Å². The smallest absolute Gasteiger partial charge is 0.156 e. The largest absolute Gasteiger partial charge is 0.453 e. The van der Waals surface area contributed by atoms with E-state index in [0.29, 0.717) is 11.8 Å². The molecule has 3 atom stereocenters. The van der Waals surface area contributed by atoms with Crippen LogP contribution in [-0.4, -0.2) is 16.6 Å². The Morgan fingerprint density at radius 3 is 2.10 bits per heavy atom. The van der Waals surface area contributed by atoms with Crippen molar-refractivity contribution >= 4 is 56.4 Å². The van der Waals surface area contributed by atoms with Gasteiger partial charge in [-0.1, -0.05) is 133 Å². The summed E-state index contributed by atoms with van der Waals surface area (Å²) in [5, 5.41) is 9.08. The van der Waals surface area contributed by atoms with Gasteiger partial charge in [0.15, 0.2) is 5.88 Å². The molecule has 5 heteroatoms. The topological polar surface area (TPSA) is 47.8 Å². The fraction of sp³-hybridized carbons (Fsp3) is 0.0682. The minimum atomic E-state index is -0.268. The molecule has 49 heavy (non-hydrogen) atoms. The Labute approximate surface area is 283 Å². The second-order valence-electron chi connectivity index (χ2n) is 13.1. The Bertz CT molecular complexity index is 2630. The fourth-order valence-corrected chi connectivity index (χ4v) is 8.53. The number of hydrogen-bond donors (Lipinski definition) is 0. The van der Waals surface area contributed by atoms with Gasteiger partial charge in [0.05, 0.1) is 16.7 Å². The molecule has 5 nitrogen and oxygen atoms in total. The van der Waals surface area contributed by atoms with Gasteiger partial charge in [0.1, 0.15) is 5.58 Å². The van der Waals surface area contributed by atoms with Gasteiger partial charge < -0.3 is 24.2 Å². The highest BCUT2D eigenvalue weighted by atomic mass is 16.3. The summed E-state index contributed by atoms with van der Waals surface area (Å²) in [6.45, 7) is 0. The highest BCUT2D eigenvalue weighted by Gasteiger charge is 2.41. The van der Waals surface area contributed by atoms with E-state index in [4.69, 9.17) is 14.7 Å². The SMILES string of the molecule is C1=CC2C(c3ccccc31)c1cccc(-n3c4ccccc4c4ccccc43)c1N2C1=Nc2oc3ccccc3c2C(c2ccccc2)[N-]1. The lowest BCUT2D eigenvalue weighted by Crippen LogP contribution is -2.40. The van der Waals surface area contributed by atoms with Crippen LogP contribution in [0, 0.1) is 0 Å². The van der Waals surface area contributed by atoms with Gasteiger partial charge in [-0.05, 0) is 46.5 Å². The van der Waals surface area contributed by atoms with Crippen molar-refractivity contribution in [3.05, 3.63) is 185 Å². The molecule has 2 aliphatic heterocycles. The highest BCUT2D eigenvalue weighted by Crippen LogP contribution is 2.54. The quantitative estimate of drug-likeness (QED) is 0.191. The number of furan rings is 1. The number of anilines is 1. The number of guanidine groups is 1. The minimum Gasteiger partial charge on any atom is -0.453 e. The molecule has 11 rings (SSSR count). The molecule has 4 heterocycles. The Morgan fingerprint density at radius 2 is 1.29 bits per heavy atom. The maximum Gasteiger partial charge on any atom is 0.156 e. The number of nitrogens with zero attached hydrogens (tertiary/aromatic N) is 4. The van der Waals surface area contributed by atoms with E-state index in [1.807, 2.05) is 12.1 Å². The molecule has 8 aromatic rings. The van der Waals surface area contributed by atoms with Crippen molar-refractivity contribution in [1.82, 2.24) is 4.57 Å². The molecule has 1 aliphatic carbocycles. The van der Waals surface area contributed by atoms with Crippen molar-refractivity contribution in [2.24, 2.45) is 4.99 Å². The molecule has 0 bridgehead atoms. The molecule has 6 aromatic carbocycles. The van der Waals surface area contributed by atoms with E-state index < -0.39 is 0 Å². The average molecular weight is 630 g/mol. The third kappa shape index (κ3) is 3.73. The minimum absolute atomic E-state index is 0.0241. The number of fused-ring (bicyclic) bond motifs is 11. The fourth-order valence-electron chi connectivity index (χ4n) is 8.53. The first-order valence-corrected chi connectivity index (χ1v) is 16.9. The van der Waals surface area contributed by atoms with Gasteiger partial charge in [0.25, 0.3) is 0 Å². The van der Waals surface area contributed by atoms with E-state index in [1.165, 1.54) is 38.5 Å². The second-order valence-corrected chi connectivity index (χ2v) is 13.1. The van der Waals surface area contributed by atoms with Gasteiger partial charge >= 0.3 is 0 Å². The van der Waals surface area contributed by atoms with Crippen LogP contribution in [0.2, 0.25) is 0 Å². The molecule has 3 unspecified atom stereocenters. The first-order chi connectivity index (χ1) is 24.3. The zero-order valence-corrected chi connectivity index (χ0v) is 26.4. The molecule has 0 spiro atoms. The number of para-hydroxylation sites is 4. The summed E-state index contributed by atoms with van der Waals surface area (Å²) in [7, 11) is 0. The maximum atomic E-state index is 6.53. The molecule has 2 aromatic heterocycles. The molecular weight excluding hydrogens is 601 g/mol. The summed E-state index contributed by atoms with van der Waals surface area (Å²) in [5.74, 6) is 1.39. The van der Waals surface area contributed by atoms with Crippen LogP contribution in [0.4, 0.5) is 11.6 Å². The molecule has 0 fully saturated rings. The third-order valence-electron chi connectivity index (χ3n) is 10.6. The van der Waals surface area contributed by atoms with Crippen LogP contribution in [-0.2, 0) is 0 Å². The molecular formula is C44H29N4O-. The van der Waals surface area contributed by atoms with E-state index in [1.54, 1.807) is 0 Å². The predicted octanol–water partition coefficient (Wildman–Crippen LogP) is 11.0. The van der Waals surface area contributed by atoms with E-state index in [-0.39, 0.29) is 18.0 Å². The van der Waals surface area contributed by atoms with Crippen LogP contribution >= 0.6 is 0 Å². The summed E-state index contributed by atoms with van der Waals surface area (Å²) >= 11 is 0. The zero-order chi connectivity index (χ0) is 32.1. The lowest BCUT2D eigenvalue weighted by molar-refractivity contribution is 0.616. The molecule has 0 radical (unpaired) electrons. The van der Waals surface area contributed by atoms with Crippen molar-refractivity contribution in [2.45, 2.75) is 18.0 Å². The molecule has 232 valence electrons. The van der Waals surface area contributed by atoms with Crippen LogP contribution in [0.5, 0.6) is 0 Å². The van der Waals surface area contributed by atoms with Crippen LogP contribution < -0.4 is 4.90 Å². The summed E-state index contributed by atoms with van der Waals surface area (Å²) in [6, 6.07) is 51.4. The van der Waals surface area contributed by atoms with Gasteiger partial charge in [-0.2, -0.15) is 0 Å². The predicted molar refractivity (Wildman–Crippen MR) is 199 cm³/mol. The van der Waals surface area contributed by atoms with Crippen LogP contribution in [0.3, 0.4) is 0 Å². The Morgan fingerprint density at radius 1 is 0.612 bits per heavy atom. The molecule has 0 N–H and O–H groups in total. The summed E-state index contributed by atoms with van der Waals surface area (Å²) in [4.78, 5) is 7.69. The number of benzene rings is 6. The summed E-state index contributed by atoms with van der Waals surface area (Å²) < 4.78 is 8.96. The molecule has 3 aliphatic rings. The monoisotopic (exact) mass is 629 g/mol. The van der Waals surface area contributed by atoms with Crippen molar-refractivity contribution in [3.8, 4) is 5.69 Å². The lowest BCUT2D eigenvalue weighted by Gasteiger charge is -2.42. The third-order valence-corrected chi connectivity index (χ3v) is 10.6. The van der Waals surface area contributed by atoms with Gasteiger partial charge in [-0.25, -0.2) is 0 Å². The highest BCUT2D eigenvalue weighted by molar-refractivity contribution is 6.15. The first-order valence-electron chi connectivity index (χ1n) is 16.9. The van der Waals surface area contributed by atoms with Gasteiger partial charge in [0, 0.05) is 51.4 Å². The zero-order valence-electron chi connectivity index (χ0n) is 26.4. The van der Waals surface area contributed by atoms with Gasteiger partial charge in [-0.3, -0.25) is 0 Å². The van der Waals surface area contributed by atoms with Gasteiger partial charge in [-0.15, -0.1) is 0 Å². The number of aliphatic imine (C=N–C) groups is 1. The van der Waals surface area contributed by atoms with Crippen LogP contribution in [0.15, 0.2) is 161 Å². The van der Waals surface area contributed by atoms with Crippen LogP contribution in [0.25, 0.3) is 49.9 Å². The number of rotatable bonds is 2. The number of hydrogen-bond acceptors (Lipinski definition) is 3. The Balaban J connectivity index is 1.20. The summed E-state index contributed by atoms with van der Waals surface area (Å²) in [6.07, 6.45) is 4.60. The average Bonchev–Trinajstić information content (AvgIpc) is 3.83. The Kier molecular flexibility index (Phi) is 5.50. The lowest BCUT2D eigenvalue weighted by atomic mass is 9.81. The van der Waals surface area contributed by atoms with Crippen LogP contribution in [0.1, 0.15) is 39.8 Å². The molecule has 0 saturated carbocycles. The second kappa shape index (κ2) is 10.1.